The average Bonchev–Trinajstić information content (AvgIpc) is 2.54. The number of nitrogens with zero attached hydrogens (tertiary/aromatic N) is 1. The lowest BCUT2D eigenvalue weighted by Gasteiger charge is -2.31. The Balaban J connectivity index is 2.21. The summed E-state index contributed by atoms with van der Waals surface area (Å²) in [5, 5.41) is 0.132. The van der Waals surface area contributed by atoms with Crippen molar-refractivity contribution in [3.8, 4) is 0 Å². The van der Waals surface area contributed by atoms with E-state index in [0.717, 1.165) is 0 Å². The van der Waals surface area contributed by atoms with Gasteiger partial charge in [0.15, 0.2) is 0 Å². The largest absolute Gasteiger partial charge is 0.378 e. The molecular formula is C16H23ClN2O4S. The standard InChI is InChI=1S/C16H23ClN2O4S/c1-12(2)11-14(16(20)19-7-9-23-10-8-19)18-24(21,22)15-6-4-3-5-13(15)17/h3-6,12,14,18H,7-11H2,1-2H3/t14-/m1/s1. The van der Waals surface area contributed by atoms with E-state index < -0.39 is 16.1 Å². The SMILES string of the molecule is CC(C)C[C@@H](NS(=O)(=O)c1ccccc1Cl)C(=O)N1CCOCC1. The molecule has 0 aliphatic carbocycles. The summed E-state index contributed by atoms with van der Waals surface area (Å²) < 4.78 is 33.1. The predicted molar refractivity (Wildman–Crippen MR) is 92.4 cm³/mol. The van der Waals surface area contributed by atoms with Gasteiger partial charge in [-0.15, -0.1) is 0 Å². The van der Waals surface area contributed by atoms with Crippen molar-refractivity contribution in [1.29, 1.82) is 0 Å². The van der Waals surface area contributed by atoms with Crippen molar-refractivity contribution in [1.82, 2.24) is 9.62 Å². The van der Waals surface area contributed by atoms with E-state index in [2.05, 4.69) is 4.72 Å². The zero-order valence-electron chi connectivity index (χ0n) is 13.9. The molecule has 1 aromatic rings. The van der Waals surface area contributed by atoms with Gasteiger partial charge in [0.05, 0.1) is 18.2 Å². The zero-order chi connectivity index (χ0) is 17.7. The summed E-state index contributed by atoms with van der Waals surface area (Å²) >= 11 is 6.00. The van der Waals surface area contributed by atoms with Crippen LogP contribution in [0.1, 0.15) is 20.3 Å². The summed E-state index contributed by atoms with van der Waals surface area (Å²) in [6, 6.07) is 5.38. The maximum absolute atomic E-state index is 12.7. The Labute approximate surface area is 148 Å². The lowest BCUT2D eigenvalue weighted by molar-refractivity contribution is -0.137. The van der Waals surface area contributed by atoms with E-state index in [1.54, 1.807) is 17.0 Å². The van der Waals surface area contributed by atoms with Crippen molar-refractivity contribution >= 4 is 27.5 Å². The molecule has 1 amide bonds. The van der Waals surface area contributed by atoms with E-state index in [4.69, 9.17) is 16.3 Å². The van der Waals surface area contributed by atoms with Crippen molar-refractivity contribution in [2.24, 2.45) is 5.92 Å². The highest BCUT2D eigenvalue weighted by atomic mass is 35.5. The van der Waals surface area contributed by atoms with Gasteiger partial charge in [0.1, 0.15) is 10.9 Å². The van der Waals surface area contributed by atoms with Gasteiger partial charge in [0.25, 0.3) is 0 Å². The minimum Gasteiger partial charge on any atom is -0.378 e. The fraction of sp³-hybridized carbons (Fsp3) is 0.562. The van der Waals surface area contributed by atoms with Gasteiger partial charge in [-0.2, -0.15) is 4.72 Å². The van der Waals surface area contributed by atoms with Gasteiger partial charge in [-0.25, -0.2) is 8.42 Å². The van der Waals surface area contributed by atoms with Crippen molar-refractivity contribution in [2.45, 2.75) is 31.2 Å². The Morgan fingerprint density at radius 3 is 2.50 bits per heavy atom. The predicted octanol–water partition coefficient (Wildman–Crippen LogP) is 1.89. The van der Waals surface area contributed by atoms with Crippen LogP contribution in [0.5, 0.6) is 0 Å². The highest BCUT2D eigenvalue weighted by molar-refractivity contribution is 7.89. The fourth-order valence-electron chi connectivity index (χ4n) is 2.59. The Hall–Kier alpha value is -1.15. The molecule has 1 fully saturated rings. The van der Waals surface area contributed by atoms with Crippen molar-refractivity contribution in [3.63, 3.8) is 0 Å². The Morgan fingerprint density at radius 2 is 1.92 bits per heavy atom. The number of halogens is 1. The topological polar surface area (TPSA) is 75.7 Å². The molecule has 1 aliphatic rings. The second-order valence-corrected chi connectivity index (χ2v) is 8.26. The van der Waals surface area contributed by atoms with Crippen LogP contribution in [0.15, 0.2) is 29.2 Å². The number of hydrogen-bond donors (Lipinski definition) is 1. The number of morpholine rings is 1. The van der Waals surface area contributed by atoms with Gasteiger partial charge in [0.2, 0.25) is 15.9 Å². The van der Waals surface area contributed by atoms with Gasteiger partial charge >= 0.3 is 0 Å². The quantitative estimate of drug-likeness (QED) is 0.825. The third-order valence-electron chi connectivity index (χ3n) is 3.75. The molecule has 1 heterocycles. The number of benzene rings is 1. The van der Waals surface area contributed by atoms with Crippen LogP contribution in [0.25, 0.3) is 0 Å². The molecule has 0 saturated carbocycles. The third kappa shape index (κ3) is 4.92. The lowest BCUT2D eigenvalue weighted by atomic mass is 10.0. The molecular weight excluding hydrogens is 352 g/mol. The van der Waals surface area contributed by atoms with Crippen molar-refractivity contribution < 1.29 is 17.9 Å². The van der Waals surface area contributed by atoms with Crippen molar-refractivity contribution in [3.05, 3.63) is 29.3 Å². The van der Waals surface area contributed by atoms with Gasteiger partial charge in [-0.3, -0.25) is 4.79 Å². The van der Waals surface area contributed by atoms with E-state index in [-0.39, 0.29) is 21.7 Å². The first-order valence-electron chi connectivity index (χ1n) is 7.94. The first-order chi connectivity index (χ1) is 11.3. The molecule has 24 heavy (non-hydrogen) atoms. The fourth-order valence-corrected chi connectivity index (χ4v) is 4.31. The minimum absolute atomic E-state index is 0.0183. The molecule has 0 unspecified atom stereocenters. The average molecular weight is 375 g/mol. The van der Waals surface area contributed by atoms with Crippen LogP contribution in [0.3, 0.4) is 0 Å². The van der Waals surface area contributed by atoms with E-state index >= 15 is 0 Å². The van der Waals surface area contributed by atoms with Gasteiger partial charge in [-0.1, -0.05) is 37.6 Å². The van der Waals surface area contributed by atoms with E-state index in [0.29, 0.717) is 32.7 Å². The van der Waals surface area contributed by atoms with Gasteiger partial charge in [-0.05, 0) is 24.5 Å². The molecule has 1 aromatic carbocycles. The molecule has 0 aromatic heterocycles. The maximum atomic E-state index is 12.7. The highest BCUT2D eigenvalue weighted by Crippen LogP contribution is 2.21. The van der Waals surface area contributed by atoms with E-state index in [1.165, 1.54) is 12.1 Å². The van der Waals surface area contributed by atoms with Crippen LogP contribution < -0.4 is 4.72 Å². The Bertz CT molecular complexity index is 672. The first kappa shape index (κ1) is 19.2. The van der Waals surface area contributed by atoms with Crippen LogP contribution in [-0.4, -0.2) is 51.6 Å². The maximum Gasteiger partial charge on any atom is 0.242 e. The summed E-state index contributed by atoms with van der Waals surface area (Å²) in [7, 11) is -3.88. The highest BCUT2D eigenvalue weighted by Gasteiger charge is 2.31. The summed E-state index contributed by atoms with van der Waals surface area (Å²) in [6.45, 7) is 5.78. The number of carbonyl (C=O) groups excluding carboxylic acids is 1. The number of carbonyl (C=O) groups is 1. The molecule has 0 bridgehead atoms. The van der Waals surface area contributed by atoms with Crippen LogP contribution in [0.2, 0.25) is 5.02 Å². The molecule has 1 atom stereocenters. The van der Waals surface area contributed by atoms with Crippen LogP contribution in [-0.2, 0) is 19.6 Å². The second-order valence-electron chi connectivity index (χ2n) is 6.17. The summed E-state index contributed by atoms with van der Waals surface area (Å²) in [5.74, 6) is -0.0587. The molecule has 1 aliphatic heterocycles. The third-order valence-corrected chi connectivity index (χ3v) is 5.72. The number of amides is 1. The zero-order valence-corrected chi connectivity index (χ0v) is 15.4. The number of rotatable bonds is 6. The molecule has 134 valence electrons. The van der Waals surface area contributed by atoms with Crippen molar-refractivity contribution in [2.75, 3.05) is 26.3 Å². The summed E-state index contributed by atoms with van der Waals surface area (Å²) in [5.41, 5.74) is 0. The Morgan fingerprint density at radius 1 is 1.29 bits per heavy atom. The molecule has 8 heteroatoms. The molecule has 0 spiro atoms. The second kappa shape index (κ2) is 8.29. The first-order valence-corrected chi connectivity index (χ1v) is 9.81. The number of hydrogen-bond acceptors (Lipinski definition) is 4. The summed E-state index contributed by atoms with van der Waals surface area (Å²) in [4.78, 5) is 14.4. The van der Waals surface area contributed by atoms with Crippen LogP contribution >= 0.6 is 11.6 Å². The molecule has 1 saturated heterocycles. The summed E-state index contributed by atoms with van der Waals surface area (Å²) in [6.07, 6.45) is 0.417. The minimum atomic E-state index is -3.88. The molecule has 2 rings (SSSR count). The van der Waals surface area contributed by atoms with Gasteiger partial charge < -0.3 is 9.64 Å². The van der Waals surface area contributed by atoms with E-state index in [9.17, 15) is 13.2 Å². The normalized spacial score (nSPS) is 17.1. The number of nitrogens with one attached hydrogen (secondary N) is 1. The van der Waals surface area contributed by atoms with Gasteiger partial charge in [0, 0.05) is 13.1 Å². The monoisotopic (exact) mass is 374 g/mol. The van der Waals surface area contributed by atoms with Crippen LogP contribution in [0.4, 0.5) is 0 Å². The molecule has 0 radical (unpaired) electrons. The smallest absolute Gasteiger partial charge is 0.242 e. The number of sulfonamides is 1. The Kier molecular flexibility index (Phi) is 6.62. The number of ether oxygens (including phenoxy) is 1. The molecule has 6 nitrogen and oxygen atoms in total. The molecule has 1 N–H and O–H groups in total. The van der Waals surface area contributed by atoms with E-state index in [1.807, 2.05) is 13.8 Å². The van der Waals surface area contributed by atoms with Crippen LogP contribution in [0, 0.1) is 5.92 Å². The lowest BCUT2D eigenvalue weighted by Crippen LogP contribution is -2.52.